The van der Waals surface area contributed by atoms with Crippen LogP contribution in [0, 0.1) is 6.20 Å². The molecule has 0 amide bonds. The van der Waals surface area contributed by atoms with Crippen LogP contribution in [-0.2, 0) is 7.05 Å². The van der Waals surface area contributed by atoms with E-state index in [0.717, 1.165) is 0 Å². The van der Waals surface area contributed by atoms with E-state index in [9.17, 15) is 0 Å². The molecule has 3 nitrogen and oxygen atoms in total. The first-order valence-electron chi connectivity index (χ1n) is 4.20. The highest BCUT2D eigenvalue weighted by molar-refractivity contribution is 6.37. The molecule has 0 atom stereocenters. The number of aromatic nitrogens is 2. The van der Waals surface area contributed by atoms with Crippen molar-refractivity contribution >= 4 is 23.2 Å². The standard InChI is InChI=1S/C10H7Cl2N2O/c1-14-9(5-6-13-14)15-10-7(11)3-2-4-8(10)12/h2-5H,1H3. The summed E-state index contributed by atoms with van der Waals surface area (Å²) in [4.78, 5) is 0. The van der Waals surface area contributed by atoms with Crippen LogP contribution in [0.2, 0.25) is 10.0 Å². The Balaban J connectivity index is 2.36. The lowest BCUT2D eigenvalue weighted by Gasteiger charge is -2.08. The van der Waals surface area contributed by atoms with Gasteiger partial charge < -0.3 is 4.74 Å². The zero-order valence-corrected chi connectivity index (χ0v) is 9.38. The minimum absolute atomic E-state index is 0.429. The molecule has 0 aliphatic rings. The lowest BCUT2D eigenvalue weighted by molar-refractivity contribution is 0.431. The maximum absolute atomic E-state index is 5.95. The summed E-state index contributed by atoms with van der Waals surface area (Å²) in [5.74, 6) is 0.961. The Morgan fingerprint density at radius 1 is 1.33 bits per heavy atom. The van der Waals surface area contributed by atoms with Crippen LogP contribution in [0.5, 0.6) is 11.6 Å². The van der Waals surface area contributed by atoms with E-state index in [1.165, 1.54) is 0 Å². The Kier molecular flexibility index (Phi) is 2.84. The quantitative estimate of drug-likeness (QED) is 0.807. The van der Waals surface area contributed by atoms with E-state index in [1.807, 2.05) is 0 Å². The van der Waals surface area contributed by atoms with Gasteiger partial charge in [-0.1, -0.05) is 29.3 Å². The van der Waals surface area contributed by atoms with Crippen molar-refractivity contribution in [1.82, 2.24) is 9.78 Å². The Hall–Kier alpha value is -1.19. The van der Waals surface area contributed by atoms with Crippen molar-refractivity contribution in [3.63, 3.8) is 0 Å². The predicted molar refractivity (Wildman–Crippen MR) is 58.6 cm³/mol. The van der Waals surface area contributed by atoms with Gasteiger partial charge in [0.15, 0.2) is 5.75 Å². The minimum atomic E-state index is 0.429. The SMILES string of the molecule is Cn1n[c]cc1Oc1c(Cl)cccc1Cl. The molecule has 1 aromatic carbocycles. The molecule has 0 fully saturated rings. The van der Waals surface area contributed by atoms with Gasteiger partial charge in [-0.25, -0.2) is 4.68 Å². The van der Waals surface area contributed by atoms with Crippen molar-refractivity contribution in [3.8, 4) is 11.6 Å². The van der Waals surface area contributed by atoms with Crippen molar-refractivity contribution < 1.29 is 4.74 Å². The molecule has 1 aromatic heterocycles. The minimum Gasteiger partial charge on any atom is -0.436 e. The molecule has 0 saturated carbocycles. The monoisotopic (exact) mass is 241 g/mol. The molecular formula is C10H7Cl2N2O. The molecule has 0 bridgehead atoms. The summed E-state index contributed by atoms with van der Waals surface area (Å²) in [6.07, 6.45) is 2.66. The number of hydrogen-bond acceptors (Lipinski definition) is 2. The lowest BCUT2D eigenvalue weighted by Crippen LogP contribution is -1.95. The number of para-hydroxylation sites is 1. The third-order valence-corrected chi connectivity index (χ3v) is 2.44. The van der Waals surface area contributed by atoms with Crippen molar-refractivity contribution in [2.45, 2.75) is 0 Å². The second kappa shape index (κ2) is 4.13. The van der Waals surface area contributed by atoms with E-state index in [-0.39, 0.29) is 0 Å². The van der Waals surface area contributed by atoms with Crippen molar-refractivity contribution in [1.29, 1.82) is 0 Å². The first-order valence-corrected chi connectivity index (χ1v) is 4.96. The van der Waals surface area contributed by atoms with Crippen LogP contribution in [0.15, 0.2) is 24.3 Å². The van der Waals surface area contributed by atoms with Crippen molar-refractivity contribution in [2.24, 2.45) is 7.05 Å². The van der Waals surface area contributed by atoms with Crippen LogP contribution in [-0.4, -0.2) is 9.78 Å². The fourth-order valence-electron chi connectivity index (χ4n) is 1.09. The van der Waals surface area contributed by atoms with Gasteiger partial charge in [0.2, 0.25) is 5.88 Å². The van der Waals surface area contributed by atoms with E-state index < -0.39 is 0 Å². The molecular weight excluding hydrogens is 235 g/mol. The van der Waals surface area contributed by atoms with Crippen molar-refractivity contribution in [2.75, 3.05) is 0 Å². The third-order valence-electron chi connectivity index (χ3n) is 1.84. The average Bonchev–Trinajstić information content (AvgIpc) is 2.58. The van der Waals surface area contributed by atoms with E-state index in [1.54, 1.807) is 36.0 Å². The molecule has 77 valence electrons. The van der Waals surface area contributed by atoms with Crippen LogP contribution >= 0.6 is 23.2 Å². The Morgan fingerprint density at radius 2 is 2.00 bits per heavy atom. The van der Waals surface area contributed by atoms with Crippen LogP contribution in [0.4, 0.5) is 0 Å². The molecule has 0 aliphatic heterocycles. The van der Waals surface area contributed by atoms with E-state index in [2.05, 4.69) is 11.3 Å². The Morgan fingerprint density at radius 3 is 2.53 bits per heavy atom. The highest BCUT2D eigenvalue weighted by Gasteiger charge is 2.09. The molecule has 0 spiro atoms. The first kappa shape index (κ1) is 10.3. The number of halogens is 2. The molecule has 15 heavy (non-hydrogen) atoms. The maximum Gasteiger partial charge on any atom is 0.218 e. The highest BCUT2D eigenvalue weighted by atomic mass is 35.5. The van der Waals surface area contributed by atoms with Crippen LogP contribution in [0.3, 0.4) is 0 Å². The largest absolute Gasteiger partial charge is 0.436 e. The van der Waals surface area contributed by atoms with Gasteiger partial charge in [0, 0.05) is 13.1 Å². The summed E-state index contributed by atoms with van der Waals surface area (Å²) in [5.41, 5.74) is 0. The fraction of sp³-hybridized carbons (Fsp3) is 0.100. The molecule has 5 heteroatoms. The van der Waals surface area contributed by atoms with Gasteiger partial charge in [0.25, 0.3) is 0 Å². The first-order chi connectivity index (χ1) is 7.18. The molecule has 1 radical (unpaired) electrons. The molecule has 2 aromatic rings. The summed E-state index contributed by atoms with van der Waals surface area (Å²) in [7, 11) is 1.75. The van der Waals surface area contributed by atoms with Crippen LogP contribution in [0.25, 0.3) is 0 Å². The summed E-state index contributed by atoms with van der Waals surface area (Å²) < 4.78 is 7.06. The number of ether oxygens (including phenoxy) is 1. The van der Waals surface area contributed by atoms with Gasteiger partial charge >= 0.3 is 0 Å². The van der Waals surface area contributed by atoms with E-state index in [0.29, 0.717) is 21.7 Å². The van der Waals surface area contributed by atoms with Gasteiger partial charge in [0.05, 0.1) is 10.0 Å². The number of benzene rings is 1. The number of hydrogen-bond donors (Lipinski definition) is 0. The topological polar surface area (TPSA) is 27.1 Å². The number of aryl methyl sites for hydroxylation is 1. The van der Waals surface area contributed by atoms with Gasteiger partial charge in [0.1, 0.15) is 6.20 Å². The predicted octanol–water partition coefficient (Wildman–Crippen LogP) is 3.32. The Labute approximate surface area is 97.2 Å². The molecule has 2 rings (SSSR count). The molecule has 0 saturated heterocycles. The molecule has 0 N–H and O–H groups in total. The van der Waals surface area contributed by atoms with Crippen LogP contribution in [0.1, 0.15) is 0 Å². The summed E-state index contributed by atoms with van der Waals surface area (Å²) in [5, 5.41) is 4.78. The zero-order valence-electron chi connectivity index (χ0n) is 7.87. The molecule has 1 heterocycles. The maximum atomic E-state index is 5.95. The third kappa shape index (κ3) is 2.08. The summed E-state index contributed by atoms with van der Waals surface area (Å²) >= 11 is 11.9. The van der Waals surface area contributed by atoms with E-state index in [4.69, 9.17) is 27.9 Å². The number of rotatable bonds is 2. The van der Waals surface area contributed by atoms with E-state index >= 15 is 0 Å². The number of nitrogens with zero attached hydrogens (tertiary/aromatic N) is 2. The molecule has 0 aliphatic carbocycles. The average molecular weight is 242 g/mol. The van der Waals surface area contributed by atoms with Gasteiger partial charge in [-0.05, 0) is 12.1 Å². The van der Waals surface area contributed by atoms with Gasteiger partial charge in [-0.15, -0.1) is 0 Å². The zero-order chi connectivity index (χ0) is 10.8. The normalized spacial score (nSPS) is 10.3. The second-order valence-corrected chi connectivity index (χ2v) is 3.70. The highest BCUT2D eigenvalue weighted by Crippen LogP contribution is 2.35. The van der Waals surface area contributed by atoms with Crippen LogP contribution < -0.4 is 4.74 Å². The molecule has 0 unspecified atom stereocenters. The Bertz CT molecular complexity index is 462. The van der Waals surface area contributed by atoms with Gasteiger partial charge in [-0.3, -0.25) is 0 Å². The lowest BCUT2D eigenvalue weighted by atomic mass is 10.3. The van der Waals surface area contributed by atoms with Crippen molar-refractivity contribution in [3.05, 3.63) is 40.5 Å². The summed E-state index contributed by atoms with van der Waals surface area (Å²) in [6.45, 7) is 0. The second-order valence-electron chi connectivity index (χ2n) is 2.89. The summed E-state index contributed by atoms with van der Waals surface area (Å²) in [6, 6.07) is 6.79. The van der Waals surface area contributed by atoms with Gasteiger partial charge in [-0.2, -0.15) is 5.10 Å². The fourth-order valence-corrected chi connectivity index (χ4v) is 1.57. The smallest absolute Gasteiger partial charge is 0.218 e.